The zero-order valence-corrected chi connectivity index (χ0v) is 12.7. The quantitative estimate of drug-likeness (QED) is 0.860. The van der Waals surface area contributed by atoms with Gasteiger partial charge in [0.2, 0.25) is 5.88 Å². The van der Waals surface area contributed by atoms with Gasteiger partial charge in [-0.2, -0.15) is 0 Å². The van der Waals surface area contributed by atoms with Crippen molar-refractivity contribution in [2.45, 2.75) is 31.5 Å². The summed E-state index contributed by atoms with van der Waals surface area (Å²) < 4.78 is 10.9. The molecular weight excluding hydrogens is 292 g/mol. The fourth-order valence-corrected chi connectivity index (χ4v) is 2.47. The first-order chi connectivity index (χ1) is 10.0. The molecule has 1 saturated carbocycles. The van der Waals surface area contributed by atoms with Crippen LogP contribution < -0.4 is 4.74 Å². The summed E-state index contributed by atoms with van der Waals surface area (Å²) in [7, 11) is 1.54. The predicted molar refractivity (Wildman–Crippen MR) is 79.6 cm³/mol. The van der Waals surface area contributed by atoms with Crippen LogP contribution in [0.4, 0.5) is 0 Å². The molecule has 1 aliphatic rings. The molecule has 0 aliphatic heterocycles. The molecule has 2 heterocycles. The minimum atomic E-state index is -1.16. The average Bonchev–Trinajstić information content (AvgIpc) is 3.22. The van der Waals surface area contributed by atoms with Gasteiger partial charge >= 0.3 is 0 Å². The molecule has 0 saturated heterocycles. The summed E-state index contributed by atoms with van der Waals surface area (Å²) in [5, 5.41) is 12.5. The number of methoxy groups -OCH3 is 1. The van der Waals surface area contributed by atoms with Gasteiger partial charge in [0, 0.05) is 25.1 Å². The molecule has 21 heavy (non-hydrogen) atoms. The molecule has 1 fully saturated rings. The van der Waals surface area contributed by atoms with Gasteiger partial charge in [0.05, 0.1) is 12.0 Å². The Balaban J connectivity index is 2.14. The van der Waals surface area contributed by atoms with E-state index >= 15 is 0 Å². The lowest BCUT2D eigenvalue weighted by Gasteiger charge is -2.24. The lowest BCUT2D eigenvalue weighted by atomic mass is 9.94. The summed E-state index contributed by atoms with van der Waals surface area (Å²) in [6.45, 7) is 1.84. The van der Waals surface area contributed by atoms with Gasteiger partial charge in [0.25, 0.3) is 0 Å². The number of hydrogen-bond donors (Lipinski definition) is 1. The number of pyridine rings is 2. The molecule has 0 bridgehead atoms. The zero-order chi connectivity index (χ0) is 15.0. The van der Waals surface area contributed by atoms with Crippen LogP contribution in [0.2, 0.25) is 5.15 Å². The minimum absolute atomic E-state index is 0.159. The van der Waals surface area contributed by atoms with Crippen LogP contribution in [0.1, 0.15) is 25.3 Å². The Kier molecular flexibility index (Phi) is 3.73. The van der Waals surface area contributed by atoms with Gasteiger partial charge in [-0.1, -0.05) is 11.6 Å². The van der Waals surface area contributed by atoms with E-state index in [4.69, 9.17) is 21.1 Å². The smallest absolute Gasteiger partial charge is 0.223 e. The SMILES string of the molecule is COCC(C)(O)c1cnc(OC2CC2)c2cnc(Cl)cc12. The molecule has 5 nitrogen and oxygen atoms in total. The number of hydrogen-bond acceptors (Lipinski definition) is 5. The molecule has 0 spiro atoms. The monoisotopic (exact) mass is 308 g/mol. The third-order valence-electron chi connectivity index (χ3n) is 3.51. The topological polar surface area (TPSA) is 64.5 Å². The van der Waals surface area contributed by atoms with E-state index in [1.807, 2.05) is 0 Å². The Labute approximate surface area is 127 Å². The molecule has 2 aromatic rings. The molecule has 3 rings (SSSR count). The third kappa shape index (κ3) is 2.95. The van der Waals surface area contributed by atoms with Gasteiger partial charge < -0.3 is 14.6 Å². The Hall–Kier alpha value is -1.43. The standard InChI is InChI=1S/C15H17ClN2O3/c1-15(19,8-20-2)12-7-18-14(21-9-3-4-9)11-6-17-13(16)5-10(11)12/h5-7,9,19H,3-4,8H2,1-2H3. The van der Waals surface area contributed by atoms with Crippen molar-refractivity contribution in [1.82, 2.24) is 9.97 Å². The molecule has 2 aromatic heterocycles. The van der Waals surface area contributed by atoms with Crippen molar-refractivity contribution >= 4 is 22.4 Å². The predicted octanol–water partition coefficient (Wildman–Crippen LogP) is 2.68. The van der Waals surface area contributed by atoms with Gasteiger partial charge in [-0.15, -0.1) is 0 Å². The lowest BCUT2D eigenvalue weighted by Crippen LogP contribution is -2.27. The Morgan fingerprint density at radius 2 is 2.10 bits per heavy atom. The van der Waals surface area contributed by atoms with Gasteiger partial charge in [-0.25, -0.2) is 9.97 Å². The number of ether oxygens (including phenoxy) is 2. The molecular formula is C15H17ClN2O3. The fraction of sp³-hybridized carbons (Fsp3) is 0.467. The van der Waals surface area contributed by atoms with Crippen molar-refractivity contribution in [3.05, 3.63) is 29.2 Å². The summed E-state index contributed by atoms with van der Waals surface area (Å²) in [5.41, 5.74) is -0.519. The zero-order valence-electron chi connectivity index (χ0n) is 12.0. The summed E-state index contributed by atoms with van der Waals surface area (Å²) in [6, 6.07) is 1.72. The Bertz CT molecular complexity index is 671. The first-order valence-electron chi connectivity index (χ1n) is 6.84. The largest absolute Gasteiger partial charge is 0.474 e. The Morgan fingerprint density at radius 1 is 1.33 bits per heavy atom. The van der Waals surface area contributed by atoms with Crippen molar-refractivity contribution in [3.63, 3.8) is 0 Å². The highest BCUT2D eigenvalue weighted by molar-refractivity contribution is 6.30. The summed E-state index contributed by atoms with van der Waals surface area (Å²) >= 11 is 6.00. The van der Waals surface area contributed by atoms with Crippen LogP contribution in [0, 0.1) is 0 Å². The average molecular weight is 309 g/mol. The van der Waals surface area contributed by atoms with Crippen LogP contribution in [0.15, 0.2) is 18.5 Å². The lowest BCUT2D eigenvalue weighted by molar-refractivity contribution is -0.0199. The third-order valence-corrected chi connectivity index (χ3v) is 3.72. The van der Waals surface area contributed by atoms with Crippen molar-refractivity contribution in [1.29, 1.82) is 0 Å². The highest BCUT2D eigenvalue weighted by Gasteiger charge is 2.29. The number of aromatic nitrogens is 2. The van der Waals surface area contributed by atoms with Crippen LogP contribution in [-0.2, 0) is 10.3 Å². The van der Waals surface area contributed by atoms with Crippen LogP contribution in [0.3, 0.4) is 0 Å². The van der Waals surface area contributed by atoms with Gasteiger partial charge in [0.15, 0.2) is 0 Å². The molecule has 1 aliphatic carbocycles. The molecule has 6 heteroatoms. The minimum Gasteiger partial charge on any atom is -0.474 e. The second-order valence-corrected chi connectivity index (χ2v) is 5.94. The maximum absolute atomic E-state index is 10.6. The van der Waals surface area contributed by atoms with Crippen molar-refractivity contribution in [2.75, 3.05) is 13.7 Å². The molecule has 112 valence electrons. The molecule has 1 N–H and O–H groups in total. The number of rotatable bonds is 5. The summed E-state index contributed by atoms with van der Waals surface area (Å²) in [5.74, 6) is 0.536. The van der Waals surface area contributed by atoms with Crippen LogP contribution in [0.5, 0.6) is 5.88 Å². The normalized spacial score (nSPS) is 17.7. The van der Waals surface area contributed by atoms with E-state index in [0.29, 0.717) is 16.6 Å². The number of fused-ring (bicyclic) bond motifs is 1. The molecule has 0 amide bonds. The van der Waals surface area contributed by atoms with E-state index < -0.39 is 5.60 Å². The van der Waals surface area contributed by atoms with E-state index in [0.717, 1.165) is 23.6 Å². The first kappa shape index (κ1) is 14.5. The summed E-state index contributed by atoms with van der Waals surface area (Å²) in [6.07, 6.45) is 5.59. The van der Waals surface area contributed by atoms with E-state index in [-0.39, 0.29) is 12.7 Å². The molecule has 0 aromatic carbocycles. The van der Waals surface area contributed by atoms with Crippen LogP contribution >= 0.6 is 11.6 Å². The van der Waals surface area contributed by atoms with E-state index in [9.17, 15) is 5.11 Å². The molecule has 0 radical (unpaired) electrons. The molecule has 1 unspecified atom stereocenters. The summed E-state index contributed by atoms with van der Waals surface area (Å²) in [4.78, 5) is 8.44. The highest BCUT2D eigenvalue weighted by atomic mass is 35.5. The van der Waals surface area contributed by atoms with Crippen LogP contribution in [0.25, 0.3) is 10.8 Å². The Morgan fingerprint density at radius 3 is 2.76 bits per heavy atom. The van der Waals surface area contributed by atoms with E-state index in [1.165, 1.54) is 0 Å². The fourth-order valence-electron chi connectivity index (χ4n) is 2.31. The van der Waals surface area contributed by atoms with Gasteiger partial charge in [0.1, 0.15) is 16.9 Å². The second kappa shape index (κ2) is 5.40. The number of aliphatic hydroxyl groups is 1. The first-order valence-corrected chi connectivity index (χ1v) is 7.22. The van der Waals surface area contributed by atoms with E-state index in [1.54, 1.807) is 32.5 Å². The van der Waals surface area contributed by atoms with Gasteiger partial charge in [-0.3, -0.25) is 0 Å². The van der Waals surface area contributed by atoms with Gasteiger partial charge in [-0.05, 0) is 31.2 Å². The maximum atomic E-state index is 10.6. The van der Waals surface area contributed by atoms with Crippen molar-refractivity contribution in [3.8, 4) is 5.88 Å². The second-order valence-electron chi connectivity index (χ2n) is 5.55. The van der Waals surface area contributed by atoms with Crippen LogP contribution in [-0.4, -0.2) is 34.9 Å². The van der Waals surface area contributed by atoms with Crippen molar-refractivity contribution in [2.24, 2.45) is 0 Å². The number of nitrogens with zero attached hydrogens (tertiary/aromatic N) is 2. The molecule has 1 atom stereocenters. The van der Waals surface area contributed by atoms with E-state index in [2.05, 4.69) is 9.97 Å². The number of halogens is 1. The van der Waals surface area contributed by atoms with Crippen molar-refractivity contribution < 1.29 is 14.6 Å². The maximum Gasteiger partial charge on any atom is 0.223 e. The highest BCUT2D eigenvalue weighted by Crippen LogP contribution is 2.35.